The van der Waals surface area contributed by atoms with Crippen molar-refractivity contribution in [2.75, 3.05) is 6.61 Å². The minimum atomic E-state index is -0.292. The van der Waals surface area contributed by atoms with Crippen LogP contribution in [-0.2, 0) is 9.53 Å². The van der Waals surface area contributed by atoms with Crippen LogP contribution < -0.4 is 0 Å². The lowest BCUT2D eigenvalue weighted by Gasteiger charge is -2.06. The van der Waals surface area contributed by atoms with Gasteiger partial charge in [0.2, 0.25) is 0 Å². The van der Waals surface area contributed by atoms with Crippen LogP contribution in [-0.4, -0.2) is 27.9 Å². The van der Waals surface area contributed by atoms with E-state index in [4.69, 9.17) is 4.74 Å². The van der Waals surface area contributed by atoms with Crippen LogP contribution in [0.25, 0.3) is 0 Å². The number of unbranched alkanes of at least 4 members (excludes halogenated alkanes) is 1. The zero-order valence-corrected chi connectivity index (χ0v) is 11.3. The lowest BCUT2D eigenvalue weighted by atomic mass is 10.2. The van der Waals surface area contributed by atoms with Gasteiger partial charge in [-0.3, -0.25) is 9.59 Å². The second kappa shape index (κ2) is 6.50. The molecule has 0 N–H and O–H groups in total. The van der Waals surface area contributed by atoms with Gasteiger partial charge < -0.3 is 9.30 Å². The summed E-state index contributed by atoms with van der Waals surface area (Å²) >= 11 is 0. The summed E-state index contributed by atoms with van der Waals surface area (Å²) in [5, 5.41) is 0. The first kappa shape index (κ1) is 13.8. The van der Waals surface area contributed by atoms with Crippen molar-refractivity contribution in [1.82, 2.24) is 9.55 Å². The Morgan fingerprint density at radius 2 is 2.21 bits per heavy atom. The Morgan fingerprint density at radius 1 is 1.42 bits per heavy atom. The van der Waals surface area contributed by atoms with Crippen LogP contribution in [0.1, 0.15) is 62.0 Å². The summed E-state index contributed by atoms with van der Waals surface area (Å²) in [6.45, 7) is 2.49. The molecule has 0 radical (unpaired) electrons. The van der Waals surface area contributed by atoms with E-state index < -0.39 is 0 Å². The number of esters is 1. The summed E-state index contributed by atoms with van der Waals surface area (Å²) in [5.74, 6) is -0.323. The zero-order valence-electron chi connectivity index (χ0n) is 11.3. The van der Waals surface area contributed by atoms with Crippen molar-refractivity contribution < 1.29 is 14.3 Å². The van der Waals surface area contributed by atoms with Crippen LogP contribution in [0.5, 0.6) is 0 Å². The molecule has 0 amide bonds. The second-order valence-corrected chi connectivity index (χ2v) is 4.91. The fraction of sp³-hybridized carbons (Fsp3) is 0.643. The zero-order chi connectivity index (χ0) is 13.7. The first-order valence-electron chi connectivity index (χ1n) is 6.93. The predicted molar refractivity (Wildman–Crippen MR) is 69.9 cm³/mol. The maximum absolute atomic E-state index is 12.0. The third-order valence-corrected chi connectivity index (χ3v) is 3.21. The van der Waals surface area contributed by atoms with E-state index in [0.29, 0.717) is 18.3 Å². The van der Waals surface area contributed by atoms with Gasteiger partial charge in [0.05, 0.1) is 25.6 Å². The van der Waals surface area contributed by atoms with Gasteiger partial charge in [-0.1, -0.05) is 13.3 Å². The fourth-order valence-electron chi connectivity index (χ4n) is 1.91. The Morgan fingerprint density at radius 3 is 2.89 bits per heavy atom. The minimum absolute atomic E-state index is 0.0307. The maximum Gasteiger partial charge on any atom is 0.306 e. The molecule has 19 heavy (non-hydrogen) atoms. The van der Waals surface area contributed by atoms with Gasteiger partial charge in [0.25, 0.3) is 0 Å². The van der Waals surface area contributed by atoms with Crippen LogP contribution in [0.3, 0.4) is 0 Å². The lowest BCUT2D eigenvalue weighted by Crippen LogP contribution is -2.11. The van der Waals surface area contributed by atoms with Gasteiger partial charge in [-0.2, -0.15) is 0 Å². The van der Waals surface area contributed by atoms with E-state index >= 15 is 0 Å². The largest absolute Gasteiger partial charge is 0.466 e. The van der Waals surface area contributed by atoms with Crippen molar-refractivity contribution in [2.45, 2.75) is 51.5 Å². The molecule has 0 aliphatic heterocycles. The van der Waals surface area contributed by atoms with E-state index in [1.54, 1.807) is 12.5 Å². The number of ketones is 1. The summed E-state index contributed by atoms with van der Waals surface area (Å²) in [5.41, 5.74) is 0.615. The van der Waals surface area contributed by atoms with E-state index in [2.05, 4.69) is 4.98 Å². The number of imidazole rings is 1. The Labute approximate surface area is 113 Å². The molecular weight excluding hydrogens is 244 g/mol. The summed E-state index contributed by atoms with van der Waals surface area (Å²) in [4.78, 5) is 27.5. The molecule has 1 aliphatic rings. The summed E-state index contributed by atoms with van der Waals surface area (Å²) in [6.07, 6.45) is 7.71. The minimum Gasteiger partial charge on any atom is -0.466 e. The van der Waals surface area contributed by atoms with E-state index in [-0.39, 0.29) is 24.6 Å². The first-order chi connectivity index (χ1) is 9.22. The predicted octanol–water partition coefficient (Wildman–Crippen LogP) is 2.52. The number of carbonyl (C=O) groups is 2. The van der Waals surface area contributed by atoms with Crippen LogP contribution in [0.15, 0.2) is 12.5 Å². The molecule has 0 atom stereocenters. The van der Waals surface area contributed by atoms with E-state index in [0.717, 1.165) is 25.7 Å². The molecule has 1 saturated carbocycles. The molecule has 0 spiro atoms. The molecule has 0 saturated heterocycles. The molecule has 5 heteroatoms. The van der Waals surface area contributed by atoms with Crippen molar-refractivity contribution >= 4 is 11.8 Å². The highest BCUT2D eigenvalue weighted by atomic mass is 16.5. The number of ether oxygens (including phenoxy) is 1. The highest BCUT2D eigenvalue weighted by Gasteiger charge is 2.27. The lowest BCUT2D eigenvalue weighted by molar-refractivity contribution is -0.143. The Kier molecular flexibility index (Phi) is 4.71. The normalized spacial score (nSPS) is 14.4. The number of hydrogen-bond acceptors (Lipinski definition) is 4. The molecule has 0 bridgehead atoms. The molecule has 2 rings (SSSR count). The molecule has 1 aromatic heterocycles. The van der Waals surface area contributed by atoms with E-state index in [1.807, 2.05) is 11.5 Å². The standard InChI is InChI=1S/C14H20N2O3/c1-2-3-8-19-14(18)7-6-13(17)12-9-15-10-16(12)11-4-5-11/h9-11H,2-8H2,1H3. The van der Waals surface area contributed by atoms with Crippen LogP contribution in [0.4, 0.5) is 0 Å². The summed E-state index contributed by atoms with van der Waals surface area (Å²) in [7, 11) is 0. The molecule has 0 unspecified atom stereocenters. The van der Waals surface area contributed by atoms with Crippen LogP contribution >= 0.6 is 0 Å². The smallest absolute Gasteiger partial charge is 0.306 e. The SMILES string of the molecule is CCCCOC(=O)CCC(=O)c1cncn1C1CC1. The van der Waals surface area contributed by atoms with Gasteiger partial charge in [-0.25, -0.2) is 4.98 Å². The van der Waals surface area contributed by atoms with Gasteiger partial charge in [-0.15, -0.1) is 0 Å². The van der Waals surface area contributed by atoms with E-state index in [9.17, 15) is 9.59 Å². The number of carbonyl (C=O) groups excluding carboxylic acids is 2. The monoisotopic (exact) mass is 264 g/mol. The number of rotatable bonds is 8. The van der Waals surface area contributed by atoms with Crippen molar-refractivity contribution in [3.8, 4) is 0 Å². The molecular formula is C14H20N2O3. The third-order valence-electron chi connectivity index (χ3n) is 3.21. The van der Waals surface area contributed by atoms with Crippen LogP contribution in [0.2, 0.25) is 0 Å². The van der Waals surface area contributed by atoms with Crippen molar-refractivity contribution in [2.24, 2.45) is 0 Å². The van der Waals surface area contributed by atoms with E-state index in [1.165, 1.54) is 0 Å². The van der Waals surface area contributed by atoms with Gasteiger partial charge in [-0.05, 0) is 19.3 Å². The van der Waals surface area contributed by atoms with Crippen molar-refractivity contribution in [3.05, 3.63) is 18.2 Å². The third kappa shape index (κ3) is 3.91. The molecule has 0 aromatic carbocycles. The van der Waals surface area contributed by atoms with Gasteiger partial charge in [0, 0.05) is 12.5 Å². The molecule has 5 nitrogen and oxygen atoms in total. The number of nitrogens with zero attached hydrogens (tertiary/aromatic N) is 2. The summed E-state index contributed by atoms with van der Waals surface area (Å²) < 4.78 is 6.95. The molecule has 1 fully saturated rings. The average Bonchev–Trinajstić information content (AvgIpc) is 3.13. The summed E-state index contributed by atoms with van der Waals surface area (Å²) in [6, 6.07) is 0.429. The fourth-order valence-corrected chi connectivity index (χ4v) is 1.91. The topological polar surface area (TPSA) is 61.2 Å². The Bertz CT molecular complexity index is 449. The number of aromatic nitrogens is 2. The van der Waals surface area contributed by atoms with Crippen molar-refractivity contribution in [1.29, 1.82) is 0 Å². The van der Waals surface area contributed by atoms with Gasteiger partial charge in [0.1, 0.15) is 5.69 Å². The molecule has 104 valence electrons. The number of Topliss-reactive ketones (excluding diaryl/α,β-unsaturated/α-hetero) is 1. The Hall–Kier alpha value is -1.65. The molecule has 1 aliphatic carbocycles. The highest BCUT2D eigenvalue weighted by Crippen LogP contribution is 2.35. The quantitative estimate of drug-likeness (QED) is 0.411. The van der Waals surface area contributed by atoms with Gasteiger partial charge >= 0.3 is 5.97 Å². The van der Waals surface area contributed by atoms with Crippen molar-refractivity contribution in [3.63, 3.8) is 0 Å². The van der Waals surface area contributed by atoms with Gasteiger partial charge in [0.15, 0.2) is 5.78 Å². The number of hydrogen-bond donors (Lipinski definition) is 0. The molecule has 1 aromatic rings. The molecule has 1 heterocycles. The first-order valence-corrected chi connectivity index (χ1v) is 6.93. The Balaban J connectivity index is 1.77. The average molecular weight is 264 g/mol. The highest BCUT2D eigenvalue weighted by molar-refractivity contribution is 5.96. The second-order valence-electron chi connectivity index (χ2n) is 4.91. The maximum atomic E-state index is 12.0. The van der Waals surface area contributed by atoms with Crippen LogP contribution in [0, 0.1) is 0 Å².